The van der Waals surface area contributed by atoms with E-state index >= 15 is 0 Å². The average Bonchev–Trinajstić information content (AvgIpc) is 2.54. The lowest BCUT2D eigenvalue weighted by Crippen LogP contribution is -1.95. The van der Waals surface area contributed by atoms with Crippen LogP contribution in [0.1, 0.15) is 61.8 Å². The molecule has 0 aliphatic carbocycles. The Morgan fingerprint density at radius 3 is 1.92 bits per heavy atom. The zero-order valence-electron chi connectivity index (χ0n) is 14.5. The monoisotopic (exact) mass is 492 g/mol. The molecule has 0 aliphatic heterocycles. The van der Waals surface area contributed by atoms with E-state index in [1.165, 1.54) is 16.7 Å². The summed E-state index contributed by atoms with van der Waals surface area (Å²) in [5.74, 6) is 2.25. The smallest absolute Gasteiger partial charge is 0.0477 e. The van der Waals surface area contributed by atoms with E-state index in [4.69, 9.17) is 23.2 Å². The van der Waals surface area contributed by atoms with Gasteiger partial charge in [-0.05, 0) is 46.2 Å². The zero-order chi connectivity index (χ0) is 18.3. The lowest BCUT2D eigenvalue weighted by molar-refractivity contribution is 0.848. The van der Waals surface area contributed by atoms with Gasteiger partial charge in [0, 0.05) is 20.7 Å². The predicted molar refractivity (Wildman–Crippen MR) is 116 cm³/mol. The van der Waals surface area contributed by atoms with Gasteiger partial charge in [0.1, 0.15) is 0 Å². The molecule has 2 aromatic carbocycles. The van der Waals surface area contributed by atoms with E-state index in [-0.39, 0.29) is 0 Å². The number of benzene rings is 2. The van der Waals surface area contributed by atoms with Crippen LogP contribution in [0.3, 0.4) is 0 Å². The van der Waals surface area contributed by atoms with Crippen molar-refractivity contribution in [2.75, 3.05) is 0 Å². The molecule has 0 saturated heterocycles. The maximum absolute atomic E-state index is 5.83. The molecule has 24 heavy (non-hydrogen) atoms. The van der Waals surface area contributed by atoms with Crippen LogP contribution in [0.15, 0.2) is 45.3 Å². The molecule has 0 radical (unpaired) electrons. The second-order valence-corrected chi connectivity index (χ2v) is 8.49. The molecule has 0 spiro atoms. The molecule has 4 heteroatoms. The van der Waals surface area contributed by atoms with Gasteiger partial charge in [0.25, 0.3) is 0 Å². The highest BCUT2D eigenvalue weighted by molar-refractivity contribution is 9.10. The quantitative estimate of drug-likeness (QED) is 0.373. The maximum Gasteiger partial charge on any atom is 0.0477 e. The Morgan fingerprint density at radius 2 is 1.50 bits per heavy atom. The fourth-order valence-corrected chi connectivity index (χ4v) is 4.62. The van der Waals surface area contributed by atoms with Gasteiger partial charge in [-0.15, -0.1) is 23.2 Å². The summed E-state index contributed by atoms with van der Waals surface area (Å²) in [6.45, 7) is 8.72. The van der Waals surface area contributed by atoms with Crippen molar-refractivity contribution in [3.05, 3.63) is 67.6 Å². The van der Waals surface area contributed by atoms with E-state index in [1.807, 2.05) is 6.07 Å². The third-order valence-electron chi connectivity index (χ3n) is 3.71. The first kappa shape index (κ1) is 22.0. The van der Waals surface area contributed by atoms with Gasteiger partial charge < -0.3 is 0 Å². The fraction of sp³-hybridized carbons (Fsp3) is 0.400. The lowest BCUT2D eigenvalue weighted by atomic mass is 9.98. The number of rotatable bonds is 4. The summed E-state index contributed by atoms with van der Waals surface area (Å²) in [4.78, 5) is 0. The summed E-state index contributed by atoms with van der Waals surface area (Å²) in [5, 5.41) is 0. The standard InChI is InChI=1S/2C10H12BrCl/c1-7(2)9-4-3-8(6-12)5-10(9)11;1-7(2)10-8(6-12)4-3-5-9(10)11/h2*3-5,7H,6H2,1-2H3. The minimum Gasteiger partial charge on any atom is -0.122 e. The van der Waals surface area contributed by atoms with Crippen molar-refractivity contribution in [3.63, 3.8) is 0 Å². The predicted octanol–water partition coefficient (Wildman–Crippen LogP) is 8.62. The van der Waals surface area contributed by atoms with Crippen LogP contribution >= 0.6 is 55.1 Å². The van der Waals surface area contributed by atoms with Crippen LogP contribution in [0.2, 0.25) is 0 Å². The van der Waals surface area contributed by atoms with Crippen molar-refractivity contribution in [1.29, 1.82) is 0 Å². The van der Waals surface area contributed by atoms with Crippen LogP contribution in [0, 0.1) is 0 Å². The van der Waals surface area contributed by atoms with E-state index in [0.717, 1.165) is 14.5 Å². The molecule has 0 bridgehead atoms. The summed E-state index contributed by atoms with van der Waals surface area (Å²) >= 11 is 18.6. The van der Waals surface area contributed by atoms with Crippen molar-refractivity contribution >= 4 is 55.1 Å². The zero-order valence-corrected chi connectivity index (χ0v) is 19.2. The van der Waals surface area contributed by atoms with E-state index in [0.29, 0.717) is 23.6 Å². The second-order valence-electron chi connectivity index (χ2n) is 6.25. The summed E-state index contributed by atoms with van der Waals surface area (Å²) < 4.78 is 2.33. The highest BCUT2D eigenvalue weighted by Crippen LogP contribution is 2.29. The van der Waals surface area contributed by atoms with E-state index in [9.17, 15) is 0 Å². The first-order valence-electron chi connectivity index (χ1n) is 7.99. The van der Waals surface area contributed by atoms with Crippen molar-refractivity contribution < 1.29 is 0 Å². The van der Waals surface area contributed by atoms with Crippen molar-refractivity contribution in [1.82, 2.24) is 0 Å². The third kappa shape index (κ3) is 6.37. The van der Waals surface area contributed by atoms with E-state index < -0.39 is 0 Å². The molecule has 0 N–H and O–H groups in total. The van der Waals surface area contributed by atoms with Gasteiger partial charge in [0.2, 0.25) is 0 Å². The van der Waals surface area contributed by atoms with Gasteiger partial charge in [-0.25, -0.2) is 0 Å². The second kappa shape index (κ2) is 10.9. The molecule has 0 aromatic heterocycles. The molecule has 132 valence electrons. The number of hydrogen-bond donors (Lipinski definition) is 0. The van der Waals surface area contributed by atoms with Crippen LogP contribution < -0.4 is 0 Å². The molecular formula is C20H24Br2Cl2. The first-order chi connectivity index (χ1) is 11.3. The van der Waals surface area contributed by atoms with Crippen LogP contribution in [0.25, 0.3) is 0 Å². The minimum atomic E-state index is 0.523. The number of alkyl halides is 2. The van der Waals surface area contributed by atoms with Crippen LogP contribution in [0.5, 0.6) is 0 Å². The molecule has 0 amide bonds. The van der Waals surface area contributed by atoms with E-state index in [2.05, 4.69) is 89.9 Å². The lowest BCUT2D eigenvalue weighted by Gasteiger charge is -2.12. The summed E-state index contributed by atoms with van der Waals surface area (Å²) in [5.41, 5.74) is 5.05. The molecular weight excluding hydrogens is 471 g/mol. The Bertz CT molecular complexity index is 652. The van der Waals surface area contributed by atoms with Crippen LogP contribution in [-0.2, 0) is 11.8 Å². The molecule has 2 rings (SSSR count). The van der Waals surface area contributed by atoms with Crippen LogP contribution in [0.4, 0.5) is 0 Å². The van der Waals surface area contributed by atoms with E-state index in [1.54, 1.807) is 0 Å². The third-order valence-corrected chi connectivity index (χ3v) is 5.68. The first-order valence-corrected chi connectivity index (χ1v) is 10.6. The molecule has 0 fully saturated rings. The summed E-state index contributed by atoms with van der Waals surface area (Å²) in [6, 6.07) is 12.5. The molecule has 2 aromatic rings. The van der Waals surface area contributed by atoms with Gasteiger partial charge >= 0.3 is 0 Å². The van der Waals surface area contributed by atoms with Gasteiger partial charge in [0.15, 0.2) is 0 Å². The van der Waals surface area contributed by atoms with Crippen molar-refractivity contribution in [3.8, 4) is 0 Å². The summed E-state index contributed by atoms with van der Waals surface area (Å²) in [7, 11) is 0. The highest BCUT2D eigenvalue weighted by Gasteiger charge is 2.08. The largest absolute Gasteiger partial charge is 0.122 e. The van der Waals surface area contributed by atoms with Gasteiger partial charge in [0.05, 0.1) is 0 Å². The molecule has 0 nitrogen and oxygen atoms in total. The van der Waals surface area contributed by atoms with Crippen LogP contribution in [-0.4, -0.2) is 0 Å². The van der Waals surface area contributed by atoms with Gasteiger partial charge in [-0.2, -0.15) is 0 Å². The fourth-order valence-electron chi connectivity index (χ4n) is 2.47. The Morgan fingerprint density at radius 1 is 0.833 bits per heavy atom. The number of hydrogen-bond acceptors (Lipinski definition) is 0. The molecule has 0 atom stereocenters. The van der Waals surface area contributed by atoms with Gasteiger partial charge in [-0.1, -0.05) is 83.8 Å². The van der Waals surface area contributed by atoms with Crippen molar-refractivity contribution in [2.45, 2.75) is 51.3 Å². The van der Waals surface area contributed by atoms with Crippen molar-refractivity contribution in [2.24, 2.45) is 0 Å². The number of halogens is 4. The Kier molecular flexibility index (Phi) is 9.96. The molecule has 0 saturated carbocycles. The highest BCUT2D eigenvalue weighted by atomic mass is 79.9. The topological polar surface area (TPSA) is 0 Å². The molecule has 0 aliphatic rings. The Hall–Kier alpha value is -0.0200. The Balaban J connectivity index is 0.000000240. The SMILES string of the molecule is CC(C)c1c(Br)cccc1CCl.CC(C)c1ccc(CCl)cc1Br. The normalized spacial score (nSPS) is 10.8. The molecule has 0 unspecified atom stereocenters. The Labute approximate surface area is 173 Å². The van der Waals surface area contributed by atoms with Gasteiger partial charge in [-0.3, -0.25) is 0 Å². The average molecular weight is 495 g/mol. The maximum atomic E-state index is 5.83. The summed E-state index contributed by atoms with van der Waals surface area (Å²) in [6.07, 6.45) is 0. The molecule has 0 heterocycles. The minimum absolute atomic E-state index is 0.523.